The van der Waals surface area contributed by atoms with Gasteiger partial charge < -0.3 is 10.2 Å². The lowest BCUT2D eigenvalue weighted by Gasteiger charge is -2.31. The third kappa shape index (κ3) is 3.03. The van der Waals surface area contributed by atoms with E-state index in [1.54, 1.807) is 11.3 Å². The molecule has 0 spiro atoms. The minimum Gasteiger partial charge on any atom is -0.306 e. The van der Waals surface area contributed by atoms with Crippen LogP contribution in [0.3, 0.4) is 0 Å². The Bertz CT molecular complexity index is 329. The second-order valence-corrected chi connectivity index (χ2v) is 5.68. The summed E-state index contributed by atoms with van der Waals surface area (Å²) in [5, 5.41) is 7.04. The van der Waals surface area contributed by atoms with E-state index in [1.165, 1.54) is 30.9 Å². The average Bonchev–Trinajstić information content (AvgIpc) is 2.68. The first-order chi connectivity index (χ1) is 7.65. The quantitative estimate of drug-likeness (QED) is 0.876. The fourth-order valence-corrected chi connectivity index (χ4v) is 2.98. The Hall–Kier alpha value is -0.450. The first-order valence-electron chi connectivity index (χ1n) is 6.02. The van der Waals surface area contributed by atoms with Gasteiger partial charge in [-0.25, -0.2) is 4.98 Å². The Morgan fingerprint density at radius 1 is 1.50 bits per heavy atom. The van der Waals surface area contributed by atoms with Gasteiger partial charge >= 0.3 is 0 Å². The van der Waals surface area contributed by atoms with Crippen molar-refractivity contribution in [2.45, 2.75) is 38.8 Å². The van der Waals surface area contributed by atoms with Crippen LogP contribution in [-0.4, -0.2) is 36.1 Å². The van der Waals surface area contributed by atoms with Gasteiger partial charge in [0, 0.05) is 17.1 Å². The van der Waals surface area contributed by atoms with Crippen LogP contribution in [0.2, 0.25) is 0 Å². The summed E-state index contributed by atoms with van der Waals surface area (Å²) < 4.78 is 0. The van der Waals surface area contributed by atoms with E-state index in [2.05, 4.69) is 41.5 Å². The topological polar surface area (TPSA) is 28.2 Å². The van der Waals surface area contributed by atoms with Crippen molar-refractivity contribution >= 4 is 11.3 Å². The fourth-order valence-electron chi connectivity index (χ4n) is 2.17. The van der Waals surface area contributed by atoms with Crippen molar-refractivity contribution in [3.8, 4) is 0 Å². The highest BCUT2D eigenvalue weighted by Gasteiger charge is 2.19. The summed E-state index contributed by atoms with van der Waals surface area (Å²) in [5.41, 5.74) is 1.14. The van der Waals surface area contributed by atoms with Gasteiger partial charge in [0.15, 0.2) is 0 Å². The minimum absolute atomic E-state index is 0.395. The third-order valence-electron chi connectivity index (χ3n) is 3.21. The SMILES string of the molecule is Cc1csc(C(C)NC2CCN(C)CC2)n1. The van der Waals surface area contributed by atoms with E-state index < -0.39 is 0 Å². The van der Waals surface area contributed by atoms with Crippen LogP contribution >= 0.6 is 11.3 Å². The second-order valence-electron chi connectivity index (χ2n) is 4.79. The molecule has 1 saturated heterocycles. The second kappa shape index (κ2) is 5.25. The Balaban J connectivity index is 1.85. The number of hydrogen-bond donors (Lipinski definition) is 1. The zero-order valence-electron chi connectivity index (χ0n) is 10.4. The third-order valence-corrected chi connectivity index (χ3v) is 4.36. The molecule has 1 aromatic rings. The van der Waals surface area contributed by atoms with Gasteiger partial charge in [0.2, 0.25) is 0 Å². The highest BCUT2D eigenvalue weighted by atomic mass is 32.1. The lowest BCUT2D eigenvalue weighted by molar-refractivity contribution is 0.226. The molecule has 3 nitrogen and oxygen atoms in total. The molecule has 1 aliphatic heterocycles. The largest absolute Gasteiger partial charge is 0.306 e. The number of aromatic nitrogens is 1. The predicted molar refractivity (Wildman–Crippen MR) is 68.9 cm³/mol. The maximum atomic E-state index is 4.54. The summed E-state index contributed by atoms with van der Waals surface area (Å²) in [6.45, 7) is 6.70. The normalized spacial score (nSPS) is 21.2. The first kappa shape index (κ1) is 12.0. The molecular formula is C12H21N3S. The van der Waals surface area contributed by atoms with Gasteiger partial charge in [-0.2, -0.15) is 0 Å². The summed E-state index contributed by atoms with van der Waals surface area (Å²) >= 11 is 1.76. The van der Waals surface area contributed by atoms with Crippen LogP contribution in [0.1, 0.15) is 36.5 Å². The van der Waals surface area contributed by atoms with Crippen LogP contribution < -0.4 is 5.32 Å². The van der Waals surface area contributed by atoms with E-state index in [1.807, 2.05) is 0 Å². The van der Waals surface area contributed by atoms with Crippen LogP contribution in [0, 0.1) is 6.92 Å². The highest BCUT2D eigenvalue weighted by Crippen LogP contribution is 2.20. The van der Waals surface area contributed by atoms with Crippen molar-refractivity contribution in [2.24, 2.45) is 0 Å². The van der Waals surface area contributed by atoms with E-state index in [9.17, 15) is 0 Å². The maximum Gasteiger partial charge on any atom is 0.110 e. The van der Waals surface area contributed by atoms with E-state index in [-0.39, 0.29) is 0 Å². The van der Waals surface area contributed by atoms with Crippen molar-refractivity contribution < 1.29 is 0 Å². The monoisotopic (exact) mass is 239 g/mol. The molecule has 0 aliphatic carbocycles. The molecule has 1 fully saturated rings. The van der Waals surface area contributed by atoms with Gasteiger partial charge in [-0.05, 0) is 46.8 Å². The Labute approximate surface area is 102 Å². The van der Waals surface area contributed by atoms with Gasteiger partial charge in [0.25, 0.3) is 0 Å². The minimum atomic E-state index is 0.395. The van der Waals surface area contributed by atoms with Crippen molar-refractivity contribution in [3.63, 3.8) is 0 Å². The number of rotatable bonds is 3. The summed E-state index contributed by atoms with van der Waals surface area (Å²) in [7, 11) is 2.20. The smallest absolute Gasteiger partial charge is 0.110 e. The molecule has 4 heteroatoms. The molecule has 1 aromatic heterocycles. The maximum absolute atomic E-state index is 4.54. The summed E-state index contributed by atoms with van der Waals surface area (Å²) in [6.07, 6.45) is 2.51. The zero-order chi connectivity index (χ0) is 11.5. The molecule has 1 N–H and O–H groups in total. The van der Waals surface area contributed by atoms with Gasteiger partial charge in [-0.3, -0.25) is 0 Å². The molecule has 0 radical (unpaired) electrons. The van der Waals surface area contributed by atoms with Crippen molar-refractivity contribution in [3.05, 3.63) is 16.1 Å². The van der Waals surface area contributed by atoms with E-state index in [4.69, 9.17) is 0 Å². The van der Waals surface area contributed by atoms with E-state index in [0.29, 0.717) is 12.1 Å². The highest BCUT2D eigenvalue weighted by molar-refractivity contribution is 7.09. The number of likely N-dealkylation sites (tertiary alicyclic amines) is 1. The molecule has 2 rings (SSSR count). The Morgan fingerprint density at radius 2 is 2.19 bits per heavy atom. The Morgan fingerprint density at radius 3 is 2.75 bits per heavy atom. The van der Waals surface area contributed by atoms with Gasteiger partial charge in [0.05, 0.1) is 6.04 Å². The van der Waals surface area contributed by atoms with E-state index in [0.717, 1.165) is 5.69 Å². The molecule has 0 amide bonds. The molecule has 0 saturated carbocycles. The van der Waals surface area contributed by atoms with Crippen molar-refractivity contribution in [1.82, 2.24) is 15.2 Å². The molecule has 90 valence electrons. The fraction of sp³-hybridized carbons (Fsp3) is 0.750. The molecule has 0 aromatic carbocycles. The molecule has 1 atom stereocenters. The first-order valence-corrected chi connectivity index (χ1v) is 6.89. The molecule has 1 unspecified atom stereocenters. The van der Waals surface area contributed by atoms with Crippen molar-refractivity contribution in [1.29, 1.82) is 0 Å². The summed E-state index contributed by atoms with van der Waals surface area (Å²) in [5.74, 6) is 0. The van der Waals surface area contributed by atoms with Crippen LogP contribution in [0.15, 0.2) is 5.38 Å². The van der Waals surface area contributed by atoms with Crippen LogP contribution in [0.25, 0.3) is 0 Å². The molecule has 16 heavy (non-hydrogen) atoms. The van der Waals surface area contributed by atoms with Gasteiger partial charge in [-0.15, -0.1) is 11.3 Å². The summed E-state index contributed by atoms with van der Waals surface area (Å²) in [4.78, 5) is 6.94. The number of piperidine rings is 1. The average molecular weight is 239 g/mol. The van der Waals surface area contributed by atoms with Crippen molar-refractivity contribution in [2.75, 3.05) is 20.1 Å². The number of thiazole rings is 1. The number of aryl methyl sites for hydroxylation is 1. The van der Waals surface area contributed by atoms with Crippen LogP contribution in [0.5, 0.6) is 0 Å². The zero-order valence-corrected chi connectivity index (χ0v) is 11.2. The number of hydrogen-bond acceptors (Lipinski definition) is 4. The predicted octanol–water partition coefficient (Wildman–Crippen LogP) is 2.20. The lowest BCUT2D eigenvalue weighted by atomic mass is 10.0. The lowest BCUT2D eigenvalue weighted by Crippen LogP contribution is -2.41. The summed E-state index contributed by atoms with van der Waals surface area (Å²) in [6, 6.07) is 1.06. The molecular weight excluding hydrogens is 218 g/mol. The molecule has 0 bridgehead atoms. The van der Waals surface area contributed by atoms with Crippen LogP contribution in [0.4, 0.5) is 0 Å². The van der Waals surface area contributed by atoms with Gasteiger partial charge in [-0.1, -0.05) is 0 Å². The number of nitrogens with one attached hydrogen (secondary N) is 1. The van der Waals surface area contributed by atoms with Gasteiger partial charge in [0.1, 0.15) is 5.01 Å². The van der Waals surface area contributed by atoms with Crippen LogP contribution in [-0.2, 0) is 0 Å². The van der Waals surface area contributed by atoms with E-state index >= 15 is 0 Å². The molecule has 2 heterocycles. The standard InChI is InChI=1S/C12H21N3S/c1-9-8-16-12(13-9)10(2)14-11-4-6-15(3)7-5-11/h8,10-11,14H,4-7H2,1-3H3. The number of nitrogens with zero attached hydrogens (tertiary/aromatic N) is 2. The Kier molecular flexibility index (Phi) is 3.95. The molecule has 1 aliphatic rings.